The lowest BCUT2D eigenvalue weighted by Gasteiger charge is -2.19. The van der Waals surface area contributed by atoms with E-state index >= 15 is 0 Å². The van der Waals surface area contributed by atoms with Crippen molar-refractivity contribution in [3.63, 3.8) is 0 Å². The molecule has 0 spiro atoms. The number of amides is 3. The monoisotopic (exact) mass is 249 g/mol. The second kappa shape index (κ2) is 6.05. The van der Waals surface area contributed by atoms with Crippen LogP contribution >= 0.6 is 0 Å². The summed E-state index contributed by atoms with van der Waals surface area (Å²) in [6.07, 6.45) is 0. The fourth-order valence-electron chi connectivity index (χ4n) is 1.53. The van der Waals surface area contributed by atoms with Crippen LogP contribution in [0.4, 0.5) is 4.79 Å². The van der Waals surface area contributed by atoms with Crippen LogP contribution in [0.2, 0.25) is 0 Å². The highest BCUT2D eigenvalue weighted by molar-refractivity contribution is 5.92. The molecule has 0 unspecified atom stereocenters. The summed E-state index contributed by atoms with van der Waals surface area (Å²) in [5.41, 5.74) is 6.52. The van der Waals surface area contributed by atoms with Crippen molar-refractivity contribution in [1.82, 2.24) is 10.2 Å². The first kappa shape index (κ1) is 14.0. The van der Waals surface area contributed by atoms with Gasteiger partial charge in [-0.15, -0.1) is 0 Å². The quantitative estimate of drug-likeness (QED) is 0.844. The highest BCUT2D eigenvalue weighted by Gasteiger charge is 2.10. The Bertz CT molecular complexity index is 444. The van der Waals surface area contributed by atoms with Gasteiger partial charge in [0.25, 0.3) is 0 Å². The number of nitrogens with two attached hydrogens (primary N) is 1. The van der Waals surface area contributed by atoms with Crippen LogP contribution in [0, 0.1) is 0 Å². The molecule has 0 bridgehead atoms. The summed E-state index contributed by atoms with van der Waals surface area (Å²) < 4.78 is 0. The number of carbonyl (C=O) groups is 2. The van der Waals surface area contributed by atoms with E-state index in [-0.39, 0.29) is 12.1 Å². The third-order valence-corrected chi connectivity index (χ3v) is 2.39. The van der Waals surface area contributed by atoms with Crippen molar-refractivity contribution in [2.45, 2.75) is 26.4 Å². The molecule has 0 fully saturated rings. The largest absolute Gasteiger partial charge is 0.366 e. The molecule has 0 radical (unpaired) electrons. The van der Waals surface area contributed by atoms with E-state index in [1.165, 1.54) is 0 Å². The zero-order valence-corrected chi connectivity index (χ0v) is 10.9. The van der Waals surface area contributed by atoms with Crippen molar-refractivity contribution in [2.75, 3.05) is 7.05 Å². The first-order valence-electron chi connectivity index (χ1n) is 5.80. The molecule has 3 N–H and O–H groups in total. The molecule has 0 saturated carbocycles. The lowest BCUT2D eigenvalue weighted by atomic mass is 10.1. The van der Waals surface area contributed by atoms with Crippen LogP contribution < -0.4 is 11.1 Å². The van der Waals surface area contributed by atoms with E-state index in [0.717, 1.165) is 5.56 Å². The van der Waals surface area contributed by atoms with Gasteiger partial charge in [-0.1, -0.05) is 12.1 Å². The fourth-order valence-corrected chi connectivity index (χ4v) is 1.53. The smallest absolute Gasteiger partial charge is 0.317 e. The Labute approximate surface area is 107 Å². The van der Waals surface area contributed by atoms with Crippen molar-refractivity contribution < 1.29 is 9.59 Å². The van der Waals surface area contributed by atoms with E-state index in [9.17, 15) is 9.59 Å². The molecule has 5 heteroatoms. The molecule has 5 nitrogen and oxygen atoms in total. The summed E-state index contributed by atoms with van der Waals surface area (Å²) in [5.74, 6) is -0.467. The molecule has 1 rings (SSSR count). The summed E-state index contributed by atoms with van der Waals surface area (Å²) >= 11 is 0. The van der Waals surface area contributed by atoms with Crippen LogP contribution in [0.3, 0.4) is 0 Å². The maximum absolute atomic E-state index is 11.7. The van der Waals surface area contributed by atoms with Gasteiger partial charge in [-0.2, -0.15) is 0 Å². The second-order valence-electron chi connectivity index (χ2n) is 4.52. The minimum Gasteiger partial charge on any atom is -0.366 e. The third-order valence-electron chi connectivity index (χ3n) is 2.39. The van der Waals surface area contributed by atoms with E-state index in [0.29, 0.717) is 12.1 Å². The van der Waals surface area contributed by atoms with Gasteiger partial charge in [0.2, 0.25) is 5.91 Å². The highest BCUT2D eigenvalue weighted by Crippen LogP contribution is 2.07. The summed E-state index contributed by atoms with van der Waals surface area (Å²) in [6.45, 7) is 4.23. The number of hydrogen-bond acceptors (Lipinski definition) is 2. The van der Waals surface area contributed by atoms with Gasteiger partial charge in [-0.05, 0) is 31.5 Å². The van der Waals surface area contributed by atoms with Crippen molar-refractivity contribution in [3.8, 4) is 0 Å². The molecule has 1 aromatic carbocycles. The molecule has 18 heavy (non-hydrogen) atoms. The minimum atomic E-state index is -0.467. The minimum absolute atomic E-state index is 0.0944. The van der Waals surface area contributed by atoms with Crippen LogP contribution in [0.25, 0.3) is 0 Å². The average molecular weight is 249 g/mol. The zero-order chi connectivity index (χ0) is 13.7. The van der Waals surface area contributed by atoms with Crippen molar-refractivity contribution in [3.05, 3.63) is 35.4 Å². The molecule has 0 aliphatic rings. The van der Waals surface area contributed by atoms with Gasteiger partial charge in [-0.3, -0.25) is 4.79 Å². The predicted molar refractivity (Wildman–Crippen MR) is 70.1 cm³/mol. The van der Waals surface area contributed by atoms with E-state index in [2.05, 4.69) is 5.32 Å². The van der Waals surface area contributed by atoms with Gasteiger partial charge in [0, 0.05) is 25.2 Å². The maximum Gasteiger partial charge on any atom is 0.317 e. The first-order chi connectivity index (χ1) is 8.40. The number of urea groups is 1. The van der Waals surface area contributed by atoms with E-state index in [4.69, 9.17) is 5.73 Å². The fraction of sp³-hybridized carbons (Fsp3) is 0.385. The summed E-state index contributed by atoms with van der Waals surface area (Å²) in [5, 5.41) is 2.80. The van der Waals surface area contributed by atoms with Gasteiger partial charge < -0.3 is 16.0 Å². The molecular formula is C13H19N3O2. The number of hydrogen-bond donors (Lipinski definition) is 2. The molecule has 0 atom stereocenters. The van der Waals surface area contributed by atoms with Gasteiger partial charge in [0.05, 0.1) is 0 Å². The van der Waals surface area contributed by atoms with Gasteiger partial charge in [-0.25, -0.2) is 4.79 Å². The number of benzene rings is 1. The summed E-state index contributed by atoms with van der Waals surface area (Å²) in [4.78, 5) is 24.3. The van der Waals surface area contributed by atoms with Crippen molar-refractivity contribution >= 4 is 11.9 Å². The Kier molecular flexibility index (Phi) is 4.71. The van der Waals surface area contributed by atoms with Gasteiger partial charge in [0.15, 0.2) is 0 Å². The van der Waals surface area contributed by atoms with Crippen molar-refractivity contribution in [1.29, 1.82) is 0 Å². The molecular weight excluding hydrogens is 230 g/mol. The standard InChI is InChI=1S/C13H19N3O2/c1-9(2)15-13(18)16(3)8-10-5-4-6-11(7-10)12(14)17/h4-7,9H,8H2,1-3H3,(H2,14,17)(H,15,18). The van der Waals surface area contributed by atoms with Crippen LogP contribution in [0.15, 0.2) is 24.3 Å². The predicted octanol–water partition coefficient (Wildman–Crippen LogP) is 1.34. The molecule has 98 valence electrons. The number of rotatable bonds is 4. The number of nitrogens with one attached hydrogen (secondary N) is 1. The maximum atomic E-state index is 11.7. The molecule has 0 saturated heterocycles. The van der Waals surface area contributed by atoms with Gasteiger partial charge >= 0.3 is 6.03 Å². The van der Waals surface area contributed by atoms with Crippen LogP contribution in [0.5, 0.6) is 0 Å². The molecule has 1 aromatic rings. The summed E-state index contributed by atoms with van der Waals surface area (Å²) in [7, 11) is 1.70. The van der Waals surface area contributed by atoms with E-state index < -0.39 is 5.91 Å². The zero-order valence-electron chi connectivity index (χ0n) is 10.9. The lowest BCUT2D eigenvalue weighted by Crippen LogP contribution is -2.40. The molecule has 0 aliphatic heterocycles. The Morgan fingerprint density at radius 1 is 1.39 bits per heavy atom. The molecule has 0 heterocycles. The lowest BCUT2D eigenvalue weighted by molar-refractivity contribution is 0.1000. The Hall–Kier alpha value is -2.04. The normalized spacial score (nSPS) is 10.2. The number of primary amides is 1. The van der Waals surface area contributed by atoms with Crippen LogP contribution in [-0.4, -0.2) is 29.9 Å². The van der Waals surface area contributed by atoms with E-state index in [1.807, 2.05) is 19.9 Å². The number of carbonyl (C=O) groups excluding carboxylic acids is 2. The Balaban J connectivity index is 2.69. The SMILES string of the molecule is CC(C)NC(=O)N(C)Cc1cccc(C(N)=O)c1. The molecule has 3 amide bonds. The van der Waals surface area contributed by atoms with Gasteiger partial charge in [0.1, 0.15) is 0 Å². The van der Waals surface area contributed by atoms with Crippen molar-refractivity contribution in [2.24, 2.45) is 5.73 Å². The second-order valence-corrected chi connectivity index (χ2v) is 4.52. The van der Waals surface area contributed by atoms with Crippen LogP contribution in [0.1, 0.15) is 29.8 Å². The molecule has 0 aromatic heterocycles. The Morgan fingerprint density at radius 2 is 2.06 bits per heavy atom. The highest BCUT2D eigenvalue weighted by atomic mass is 16.2. The summed E-state index contributed by atoms with van der Waals surface area (Å²) in [6, 6.07) is 6.91. The first-order valence-corrected chi connectivity index (χ1v) is 5.80. The average Bonchev–Trinajstić information content (AvgIpc) is 2.28. The number of nitrogens with zero attached hydrogens (tertiary/aromatic N) is 1. The molecule has 0 aliphatic carbocycles. The topological polar surface area (TPSA) is 75.4 Å². The van der Waals surface area contributed by atoms with Crippen LogP contribution in [-0.2, 0) is 6.54 Å². The third kappa shape index (κ3) is 4.08. The Morgan fingerprint density at radius 3 is 2.61 bits per heavy atom. The van der Waals surface area contributed by atoms with E-state index in [1.54, 1.807) is 30.1 Å².